The standard InChI is InChI=1S/C24H28N6O2/c1-16-6-8-30(9-7-16)22-11-18(19-14-28(2)24(32)29(3)15-19)4-5-20(22)27-23(31)21-10-17(12-25)13-26-21/h4-5,10-11,13,19,26H,1,6-9,14-15H2,2-3H3,(H,27,31). The predicted octanol–water partition coefficient (Wildman–Crippen LogP) is 3.38. The molecule has 0 saturated carbocycles. The van der Waals surface area contributed by atoms with Gasteiger partial charge in [0.05, 0.1) is 16.9 Å². The van der Waals surface area contributed by atoms with Gasteiger partial charge >= 0.3 is 6.03 Å². The molecule has 2 aliphatic rings. The molecule has 3 heterocycles. The topological polar surface area (TPSA) is 95.5 Å². The van der Waals surface area contributed by atoms with Gasteiger partial charge in [-0.15, -0.1) is 0 Å². The van der Waals surface area contributed by atoms with E-state index in [1.54, 1.807) is 15.9 Å². The average Bonchev–Trinajstić information content (AvgIpc) is 3.27. The van der Waals surface area contributed by atoms with Crippen LogP contribution in [0.5, 0.6) is 0 Å². The summed E-state index contributed by atoms with van der Waals surface area (Å²) in [4.78, 5) is 33.6. The largest absolute Gasteiger partial charge is 0.369 e. The number of nitriles is 1. The van der Waals surface area contributed by atoms with Crippen molar-refractivity contribution in [1.29, 1.82) is 5.26 Å². The number of nitrogens with zero attached hydrogens (tertiary/aromatic N) is 4. The minimum atomic E-state index is -0.287. The fourth-order valence-corrected chi connectivity index (χ4v) is 4.39. The van der Waals surface area contributed by atoms with Gasteiger partial charge in [0.2, 0.25) is 0 Å². The van der Waals surface area contributed by atoms with Crippen LogP contribution in [0.15, 0.2) is 42.6 Å². The number of piperidine rings is 1. The quantitative estimate of drug-likeness (QED) is 0.724. The summed E-state index contributed by atoms with van der Waals surface area (Å²) in [6.45, 7) is 7.11. The number of aromatic amines is 1. The van der Waals surface area contributed by atoms with Gasteiger partial charge < -0.3 is 25.0 Å². The Balaban J connectivity index is 1.63. The molecule has 2 fully saturated rings. The lowest BCUT2D eigenvalue weighted by atomic mass is 9.94. The van der Waals surface area contributed by atoms with Crippen LogP contribution in [0.25, 0.3) is 0 Å². The summed E-state index contributed by atoms with van der Waals surface area (Å²) in [5.74, 6) is -0.0998. The zero-order valence-corrected chi connectivity index (χ0v) is 18.5. The molecule has 2 aromatic rings. The Morgan fingerprint density at radius 3 is 2.50 bits per heavy atom. The first-order valence-electron chi connectivity index (χ1n) is 10.8. The number of likely N-dealkylation sites (N-methyl/N-ethyl adjacent to an activating group) is 2. The molecule has 0 unspecified atom stereocenters. The van der Waals surface area contributed by atoms with Crippen molar-refractivity contribution in [3.8, 4) is 6.07 Å². The van der Waals surface area contributed by atoms with Gasteiger partial charge in [0.15, 0.2) is 0 Å². The zero-order chi connectivity index (χ0) is 22.8. The lowest BCUT2D eigenvalue weighted by molar-refractivity contribution is 0.102. The number of hydrogen-bond donors (Lipinski definition) is 2. The fourth-order valence-electron chi connectivity index (χ4n) is 4.39. The molecule has 166 valence electrons. The van der Waals surface area contributed by atoms with E-state index >= 15 is 0 Å². The first kappa shape index (κ1) is 21.5. The first-order chi connectivity index (χ1) is 15.4. The van der Waals surface area contributed by atoms with Crippen LogP contribution in [0.2, 0.25) is 0 Å². The molecule has 0 bridgehead atoms. The number of aromatic nitrogens is 1. The van der Waals surface area contributed by atoms with Gasteiger partial charge in [0, 0.05) is 52.4 Å². The van der Waals surface area contributed by atoms with Crippen LogP contribution in [0.4, 0.5) is 16.2 Å². The number of benzene rings is 1. The molecule has 1 aromatic carbocycles. The maximum Gasteiger partial charge on any atom is 0.319 e. The monoisotopic (exact) mass is 432 g/mol. The molecule has 3 amide bonds. The highest BCUT2D eigenvalue weighted by atomic mass is 16.2. The Morgan fingerprint density at radius 2 is 1.88 bits per heavy atom. The molecular weight excluding hydrogens is 404 g/mol. The van der Waals surface area contributed by atoms with E-state index in [1.165, 1.54) is 11.8 Å². The van der Waals surface area contributed by atoms with Crippen LogP contribution in [0.3, 0.4) is 0 Å². The van der Waals surface area contributed by atoms with Gasteiger partial charge in [0.25, 0.3) is 5.91 Å². The maximum atomic E-state index is 12.8. The van der Waals surface area contributed by atoms with Gasteiger partial charge in [-0.25, -0.2) is 4.79 Å². The van der Waals surface area contributed by atoms with Crippen molar-refractivity contribution in [2.24, 2.45) is 0 Å². The van der Waals surface area contributed by atoms with Crippen LogP contribution >= 0.6 is 0 Å². The minimum absolute atomic E-state index is 0.0302. The van der Waals surface area contributed by atoms with Gasteiger partial charge in [-0.2, -0.15) is 5.26 Å². The number of carbonyl (C=O) groups excluding carboxylic acids is 2. The molecule has 0 spiro atoms. The summed E-state index contributed by atoms with van der Waals surface area (Å²) in [6.07, 6.45) is 3.36. The lowest BCUT2D eigenvalue weighted by Gasteiger charge is -2.37. The second kappa shape index (κ2) is 8.79. The second-order valence-corrected chi connectivity index (χ2v) is 8.62. The van der Waals surface area contributed by atoms with Crippen molar-refractivity contribution >= 4 is 23.3 Å². The Bertz CT molecular complexity index is 1070. The van der Waals surface area contributed by atoms with Crippen LogP contribution in [0, 0.1) is 11.3 Å². The van der Waals surface area contributed by atoms with Crippen LogP contribution in [0.1, 0.15) is 40.4 Å². The number of amides is 3. The Kier molecular flexibility index (Phi) is 5.91. The SMILES string of the molecule is C=C1CCN(c2cc(C3CN(C)C(=O)N(C)C3)ccc2NC(=O)c2cc(C#N)c[nH]2)CC1. The minimum Gasteiger partial charge on any atom is -0.369 e. The van der Waals surface area contributed by atoms with Gasteiger partial charge in [-0.3, -0.25) is 4.79 Å². The van der Waals surface area contributed by atoms with Crippen molar-refractivity contribution in [2.45, 2.75) is 18.8 Å². The Labute approximate surface area is 188 Å². The highest BCUT2D eigenvalue weighted by molar-refractivity contribution is 6.05. The van der Waals surface area contributed by atoms with Crippen molar-refractivity contribution in [3.05, 3.63) is 59.4 Å². The van der Waals surface area contributed by atoms with Crippen LogP contribution in [-0.2, 0) is 0 Å². The number of anilines is 2. The van der Waals surface area contributed by atoms with E-state index in [1.807, 2.05) is 32.3 Å². The van der Waals surface area contributed by atoms with E-state index in [9.17, 15) is 9.59 Å². The summed E-state index contributed by atoms with van der Waals surface area (Å²) >= 11 is 0. The Morgan fingerprint density at radius 1 is 1.19 bits per heavy atom. The van der Waals surface area contributed by atoms with E-state index in [0.717, 1.165) is 42.9 Å². The third-order valence-corrected chi connectivity index (χ3v) is 6.25. The molecular formula is C24H28N6O2. The summed E-state index contributed by atoms with van der Waals surface area (Å²) in [5, 5.41) is 12.0. The Hall–Kier alpha value is -3.73. The third-order valence-electron chi connectivity index (χ3n) is 6.25. The highest BCUT2D eigenvalue weighted by Gasteiger charge is 2.29. The van der Waals surface area contributed by atoms with Crippen molar-refractivity contribution in [1.82, 2.24) is 14.8 Å². The first-order valence-corrected chi connectivity index (χ1v) is 10.8. The molecule has 4 rings (SSSR count). The third kappa shape index (κ3) is 4.33. The van der Waals surface area contributed by atoms with E-state index < -0.39 is 0 Å². The molecule has 8 heteroatoms. The summed E-state index contributed by atoms with van der Waals surface area (Å²) in [6, 6.07) is 9.71. The van der Waals surface area contributed by atoms with Gasteiger partial charge in [-0.05, 0) is 36.6 Å². The molecule has 0 atom stereocenters. The van der Waals surface area contributed by atoms with Gasteiger partial charge in [-0.1, -0.05) is 18.2 Å². The van der Waals surface area contributed by atoms with E-state index in [2.05, 4.69) is 27.8 Å². The van der Waals surface area contributed by atoms with Crippen LogP contribution in [-0.4, -0.2) is 67.0 Å². The van der Waals surface area contributed by atoms with E-state index in [-0.39, 0.29) is 17.9 Å². The second-order valence-electron chi connectivity index (χ2n) is 8.62. The molecule has 32 heavy (non-hydrogen) atoms. The smallest absolute Gasteiger partial charge is 0.319 e. The normalized spacial score (nSPS) is 17.5. The van der Waals surface area contributed by atoms with Crippen LogP contribution < -0.4 is 10.2 Å². The zero-order valence-electron chi connectivity index (χ0n) is 18.5. The summed E-state index contributed by atoms with van der Waals surface area (Å²) in [7, 11) is 3.64. The molecule has 8 nitrogen and oxygen atoms in total. The molecule has 0 radical (unpaired) electrons. The number of urea groups is 1. The fraction of sp³-hybridized carbons (Fsp3) is 0.375. The number of carbonyl (C=O) groups is 2. The molecule has 1 aromatic heterocycles. The molecule has 2 N–H and O–H groups in total. The highest BCUT2D eigenvalue weighted by Crippen LogP contribution is 2.34. The molecule has 2 aliphatic heterocycles. The summed E-state index contributed by atoms with van der Waals surface area (Å²) < 4.78 is 0. The number of rotatable bonds is 4. The van der Waals surface area contributed by atoms with Crippen molar-refractivity contribution < 1.29 is 9.59 Å². The van der Waals surface area contributed by atoms with E-state index in [0.29, 0.717) is 24.3 Å². The maximum absolute atomic E-state index is 12.8. The summed E-state index contributed by atoms with van der Waals surface area (Å²) in [5.41, 5.74) is 4.84. The average molecular weight is 433 g/mol. The van der Waals surface area contributed by atoms with E-state index in [4.69, 9.17) is 5.26 Å². The molecule has 0 aliphatic carbocycles. The van der Waals surface area contributed by atoms with Crippen molar-refractivity contribution in [2.75, 3.05) is 50.5 Å². The van der Waals surface area contributed by atoms with Crippen molar-refractivity contribution in [3.63, 3.8) is 0 Å². The lowest BCUT2D eigenvalue weighted by Crippen LogP contribution is -2.48. The number of H-pyrrole nitrogens is 1. The van der Waals surface area contributed by atoms with Gasteiger partial charge in [0.1, 0.15) is 11.8 Å². The number of hydrogen-bond acceptors (Lipinski definition) is 4. The molecule has 2 saturated heterocycles. The number of nitrogens with one attached hydrogen (secondary N) is 2. The predicted molar refractivity (Wildman–Crippen MR) is 124 cm³/mol.